The summed E-state index contributed by atoms with van der Waals surface area (Å²) in [7, 11) is -0.884. The minimum atomic E-state index is -3.27. The molecule has 0 aliphatic rings. The summed E-state index contributed by atoms with van der Waals surface area (Å²) < 4.78 is 20.3. The van der Waals surface area contributed by atoms with Gasteiger partial charge < -0.3 is 14.2 Å². The number of carboxylic acid groups (broad SMARTS) is 1. The third kappa shape index (κ3) is 3.17. The van der Waals surface area contributed by atoms with Gasteiger partial charge in [0, 0.05) is 19.8 Å². The minimum Gasteiger partial charge on any atom is -0.478 e. The summed E-state index contributed by atoms with van der Waals surface area (Å²) in [6, 6.07) is 0. The molecule has 0 atom stereocenters. The van der Waals surface area contributed by atoms with Gasteiger partial charge in [0.05, 0.1) is 6.16 Å². The summed E-state index contributed by atoms with van der Waals surface area (Å²) in [6.07, 6.45) is -0.296. The Morgan fingerprint density at radius 3 is 2.17 bits per heavy atom. The molecule has 0 bridgehead atoms. The standard InChI is InChI=1S/C6H11O5P/c1-5(6(7)8)4-12(9,10-2)11-3/h1,4H2,2-3H3,(H,7,8). The third-order valence-electron chi connectivity index (χ3n) is 1.24. The molecule has 6 heteroatoms. The van der Waals surface area contributed by atoms with Crippen molar-refractivity contribution in [1.82, 2.24) is 0 Å². The Morgan fingerprint density at radius 2 is 1.92 bits per heavy atom. The Balaban J connectivity index is 4.32. The molecule has 0 radical (unpaired) electrons. The van der Waals surface area contributed by atoms with Crippen molar-refractivity contribution >= 4 is 13.6 Å². The fourth-order valence-corrected chi connectivity index (χ4v) is 1.52. The van der Waals surface area contributed by atoms with Crippen LogP contribution in [0, 0.1) is 0 Å². The first-order valence-corrected chi connectivity index (χ1v) is 4.79. The third-order valence-corrected chi connectivity index (χ3v) is 3.13. The molecule has 1 N–H and O–H groups in total. The van der Waals surface area contributed by atoms with Crippen LogP contribution in [0.1, 0.15) is 0 Å². The molecule has 0 aromatic carbocycles. The first kappa shape index (κ1) is 11.4. The Morgan fingerprint density at radius 1 is 1.50 bits per heavy atom. The van der Waals surface area contributed by atoms with Crippen molar-refractivity contribution < 1.29 is 23.5 Å². The highest BCUT2D eigenvalue weighted by atomic mass is 31.2. The van der Waals surface area contributed by atoms with Gasteiger partial charge in [-0.2, -0.15) is 0 Å². The van der Waals surface area contributed by atoms with Crippen LogP contribution in [0.15, 0.2) is 12.2 Å². The molecule has 70 valence electrons. The first-order valence-electron chi connectivity index (χ1n) is 3.07. The molecule has 0 fully saturated rings. The highest BCUT2D eigenvalue weighted by Crippen LogP contribution is 2.47. The molecule has 0 saturated carbocycles. The normalized spacial score (nSPS) is 11.2. The van der Waals surface area contributed by atoms with Crippen LogP contribution in [0.3, 0.4) is 0 Å². The lowest BCUT2D eigenvalue weighted by Gasteiger charge is -2.12. The fraction of sp³-hybridized carbons (Fsp3) is 0.500. The molecule has 0 amide bonds. The lowest BCUT2D eigenvalue weighted by molar-refractivity contribution is -0.132. The molecule has 0 aliphatic heterocycles. The second kappa shape index (κ2) is 4.40. The molecule has 0 rings (SSSR count). The number of hydrogen-bond acceptors (Lipinski definition) is 4. The lowest BCUT2D eigenvalue weighted by Crippen LogP contribution is -2.06. The molecule has 0 unspecified atom stereocenters. The summed E-state index contributed by atoms with van der Waals surface area (Å²) in [5.74, 6) is -1.20. The van der Waals surface area contributed by atoms with E-state index in [9.17, 15) is 9.36 Å². The van der Waals surface area contributed by atoms with Crippen LogP contribution in [0.4, 0.5) is 0 Å². The number of carbonyl (C=O) groups is 1. The van der Waals surface area contributed by atoms with Crippen molar-refractivity contribution in [2.75, 3.05) is 20.4 Å². The summed E-state index contributed by atoms with van der Waals surface area (Å²) in [6.45, 7) is 3.20. The van der Waals surface area contributed by atoms with Gasteiger partial charge in [0.25, 0.3) is 0 Å². The van der Waals surface area contributed by atoms with Crippen molar-refractivity contribution in [3.05, 3.63) is 12.2 Å². The van der Waals surface area contributed by atoms with E-state index in [1.165, 1.54) is 14.2 Å². The van der Waals surface area contributed by atoms with Gasteiger partial charge in [-0.3, -0.25) is 4.57 Å². The van der Waals surface area contributed by atoms with E-state index >= 15 is 0 Å². The minimum absolute atomic E-state index is 0.193. The van der Waals surface area contributed by atoms with E-state index in [-0.39, 0.29) is 11.7 Å². The van der Waals surface area contributed by atoms with Gasteiger partial charge in [0.2, 0.25) is 0 Å². The van der Waals surface area contributed by atoms with Gasteiger partial charge in [0.1, 0.15) is 0 Å². The van der Waals surface area contributed by atoms with Crippen molar-refractivity contribution in [3.8, 4) is 0 Å². The zero-order valence-electron chi connectivity index (χ0n) is 6.94. The Hall–Kier alpha value is -0.640. The van der Waals surface area contributed by atoms with E-state index in [4.69, 9.17) is 5.11 Å². The summed E-state index contributed by atoms with van der Waals surface area (Å²) in [5, 5.41) is 8.40. The number of carboxylic acids is 1. The van der Waals surface area contributed by atoms with Crippen LogP contribution in [-0.2, 0) is 18.4 Å². The molecule has 0 aromatic rings. The number of aliphatic carboxylic acids is 1. The smallest absolute Gasteiger partial charge is 0.334 e. The summed E-state index contributed by atoms with van der Waals surface area (Å²) in [4.78, 5) is 10.3. The van der Waals surface area contributed by atoms with E-state index in [0.717, 1.165) is 0 Å². The second-order valence-corrected chi connectivity index (χ2v) is 4.31. The van der Waals surface area contributed by atoms with E-state index in [2.05, 4.69) is 15.6 Å². The van der Waals surface area contributed by atoms with Gasteiger partial charge >= 0.3 is 13.6 Å². The van der Waals surface area contributed by atoms with Gasteiger partial charge in [0.15, 0.2) is 0 Å². The summed E-state index contributed by atoms with van der Waals surface area (Å²) >= 11 is 0. The van der Waals surface area contributed by atoms with Gasteiger partial charge in [-0.15, -0.1) is 0 Å². The maximum atomic E-state index is 11.3. The van der Waals surface area contributed by atoms with Crippen molar-refractivity contribution in [1.29, 1.82) is 0 Å². The Bertz CT molecular complexity index is 226. The van der Waals surface area contributed by atoms with Gasteiger partial charge in [-0.1, -0.05) is 6.58 Å². The van der Waals surface area contributed by atoms with Crippen LogP contribution in [-0.4, -0.2) is 31.5 Å². The molecule has 12 heavy (non-hydrogen) atoms. The predicted molar refractivity (Wildman–Crippen MR) is 43.3 cm³/mol. The quantitative estimate of drug-likeness (QED) is 0.524. The van der Waals surface area contributed by atoms with Gasteiger partial charge in [-0.05, 0) is 0 Å². The molecule has 0 aliphatic carbocycles. The SMILES string of the molecule is C=C(CP(=O)(OC)OC)C(=O)O. The first-order chi connectivity index (χ1) is 5.45. The monoisotopic (exact) mass is 194 g/mol. The Labute approximate surface area is 70.5 Å². The van der Waals surface area contributed by atoms with E-state index in [1.807, 2.05) is 0 Å². The van der Waals surface area contributed by atoms with Crippen LogP contribution >= 0.6 is 7.60 Å². The van der Waals surface area contributed by atoms with E-state index in [0.29, 0.717) is 0 Å². The van der Waals surface area contributed by atoms with Crippen molar-refractivity contribution in [3.63, 3.8) is 0 Å². The predicted octanol–water partition coefficient (Wildman–Crippen LogP) is 1.11. The largest absolute Gasteiger partial charge is 0.478 e. The topological polar surface area (TPSA) is 72.8 Å². The molecule has 0 heterocycles. The second-order valence-electron chi connectivity index (χ2n) is 2.04. The van der Waals surface area contributed by atoms with Crippen LogP contribution in [0.5, 0.6) is 0 Å². The lowest BCUT2D eigenvalue weighted by atomic mass is 10.4. The average molecular weight is 194 g/mol. The highest BCUT2D eigenvalue weighted by Gasteiger charge is 2.24. The highest BCUT2D eigenvalue weighted by molar-refractivity contribution is 7.54. The summed E-state index contributed by atoms with van der Waals surface area (Å²) in [5.41, 5.74) is -0.193. The molecule has 0 spiro atoms. The van der Waals surface area contributed by atoms with Crippen LogP contribution < -0.4 is 0 Å². The van der Waals surface area contributed by atoms with Crippen LogP contribution in [0.25, 0.3) is 0 Å². The van der Waals surface area contributed by atoms with Gasteiger partial charge in [-0.25, -0.2) is 4.79 Å². The van der Waals surface area contributed by atoms with Crippen LogP contribution in [0.2, 0.25) is 0 Å². The maximum absolute atomic E-state index is 11.3. The Kier molecular flexibility index (Phi) is 4.17. The van der Waals surface area contributed by atoms with Crippen molar-refractivity contribution in [2.24, 2.45) is 0 Å². The zero-order valence-corrected chi connectivity index (χ0v) is 7.84. The maximum Gasteiger partial charge on any atom is 0.334 e. The molecular weight excluding hydrogens is 183 g/mol. The van der Waals surface area contributed by atoms with Crippen molar-refractivity contribution in [2.45, 2.75) is 0 Å². The average Bonchev–Trinajstić information content (AvgIpc) is 2.04. The zero-order chi connectivity index (χ0) is 9.78. The number of rotatable bonds is 5. The molecule has 0 aromatic heterocycles. The number of hydrogen-bond donors (Lipinski definition) is 1. The fourth-order valence-electron chi connectivity index (χ4n) is 0.505. The molecule has 5 nitrogen and oxygen atoms in total. The molecule has 0 saturated heterocycles. The van der Waals surface area contributed by atoms with E-state index < -0.39 is 13.6 Å². The molecular formula is C6H11O5P. The van der Waals surface area contributed by atoms with E-state index in [1.54, 1.807) is 0 Å².